The topological polar surface area (TPSA) is 101 Å². The third-order valence-corrected chi connectivity index (χ3v) is 9.00. The lowest BCUT2D eigenvalue weighted by Gasteiger charge is -2.10. The van der Waals surface area contributed by atoms with E-state index in [4.69, 9.17) is 28.8 Å². The molecular weight excluding hydrogens is 729 g/mol. The zero-order chi connectivity index (χ0) is 40.1. The van der Waals surface area contributed by atoms with Crippen LogP contribution in [0.4, 0.5) is 0 Å². The highest BCUT2D eigenvalue weighted by Crippen LogP contribution is 2.30. The van der Waals surface area contributed by atoms with Crippen molar-refractivity contribution < 1.29 is 38.4 Å². The molecule has 8 heteroatoms. The van der Waals surface area contributed by atoms with Gasteiger partial charge in [-0.05, 0) is 137 Å². The SMILES string of the molecule is CCOC(=O)c1ccc(Oc2ccc3cc(OCc4ccccc4)ccc3c2)cc1.O=C(O)c1ccc(Oc2ccc3cc(OCc4ccccc4)ccc3c2)cc1. The summed E-state index contributed by atoms with van der Waals surface area (Å²) in [5.41, 5.74) is 3.00. The summed E-state index contributed by atoms with van der Waals surface area (Å²) >= 11 is 0. The Morgan fingerprint density at radius 3 is 1.19 bits per heavy atom. The van der Waals surface area contributed by atoms with Gasteiger partial charge in [0.2, 0.25) is 0 Å². The summed E-state index contributed by atoms with van der Waals surface area (Å²) in [6, 6.07) is 57.1. The van der Waals surface area contributed by atoms with Gasteiger partial charge in [-0.15, -0.1) is 0 Å². The minimum Gasteiger partial charge on any atom is -0.489 e. The van der Waals surface area contributed by atoms with Crippen molar-refractivity contribution in [2.24, 2.45) is 0 Å². The number of hydrogen-bond acceptors (Lipinski definition) is 7. The number of carbonyl (C=O) groups is 2. The summed E-state index contributed by atoms with van der Waals surface area (Å²) in [7, 11) is 0. The number of rotatable bonds is 13. The fourth-order valence-electron chi connectivity index (χ4n) is 6.00. The summed E-state index contributed by atoms with van der Waals surface area (Å²) in [6.45, 7) is 3.20. The van der Waals surface area contributed by atoms with Gasteiger partial charge in [0.1, 0.15) is 47.7 Å². The molecule has 0 bridgehead atoms. The predicted octanol–water partition coefficient (Wildman–Crippen LogP) is 12.3. The Morgan fingerprint density at radius 1 is 0.431 bits per heavy atom. The van der Waals surface area contributed by atoms with E-state index in [1.807, 2.05) is 133 Å². The molecule has 0 saturated carbocycles. The standard InChI is InChI=1S/C26H22O4.C24H18O4/c1-2-28-26(27)20-8-12-23(13-9-20)30-25-15-11-21-16-24(14-10-22(21)17-25)29-18-19-6-4-3-5-7-19;25-24(26)18-6-10-21(11-7-18)28-23-13-9-19-14-22(12-8-20(19)15-23)27-16-17-4-2-1-3-5-17/h3-17H,2,18H2,1H3;1-15H,16H2,(H,25,26). The van der Waals surface area contributed by atoms with Gasteiger partial charge >= 0.3 is 11.9 Å². The van der Waals surface area contributed by atoms with Crippen molar-refractivity contribution in [2.45, 2.75) is 20.1 Å². The summed E-state index contributed by atoms with van der Waals surface area (Å²) in [6.07, 6.45) is 0. The molecule has 0 radical (unpaired) electrons. The number of aromatic carboxylic acids is 1. The minimum atomic E-state index is -0.956. The molecule has 0 spiro atoms. The first-order valence-corrected chi connectivity index (χ1v) is 18.8. The molecule has 8 rings (SSSR count). The van der Waals surface area contributed by atoms with Crippen LogP contribution in [0, 0.1) is 0 Å². The van der Waals surface area contributed by atoms with E-state index in [1.54, 1.807) is 43.3 Å². The Morgan fingerprint density at radius 2 is 0.793 bits per heavy atom. The van der Waals surface area contributed by atoms with Crippen molar-refractivity contribution in [1.29, 1.82) is 0 Å². The molecule has 8 aromatic rings. The van der Waals surface area contributed by atoms with Gasteiger partial charge in [0.15, 0.2) is 0 Å². The Balaban J connectivity index is 0.000000177. The average Bonchev–Trinajstić information content (AvgIpc) is 3.26. The maximum atomic E-state index is 11.7. The number of carbonyl (C=O) groups excluding carboxylic acids is 1. The number of esters is 1. The molecule has 0 fully saturated rings. The molecule has 8 aromatic carbocycles. The maximum absolute atomic E-state index is 11.7. The van der Waals surface area contributed by atoms with E-state index in [0.717, 1.165) is 49.9 Å². The third-order valence-electron chi connectivity index (χ3n) is 9.00. The fourth-order valence-corrected chi connectivity index (χ4v) is 6.00. The monoisotopic (exact) mass is 768 g/mol. The summed E-state index contributed by atoms with van der Waals surface area (Å²) in [4.78, 5) is 22.7. The Hall–Kier alpha value is -7.58. The van der Waals surface area contributed by atoms with Crippen LogP contribution < -0.4 is 18.9 Å². The first-order chi connectivity index (χ1) is 28.4. The van der Waals surface area contributed by atoms with Crippen molar-refractivity contribution in [3.05, 3.63) is 204 Å². The molecule has 1 N–H and O–H groups in total. The average molecular weight is 769 g/mol. The first-order valence-electron chi connectivity index (χ1n) is 18.8. The fraction of sp³-hybridized carbons (Fsp3) is 0.0800. The van der Waals surface area contributed by atoms with Gasteiger partial charge in [0, 0.05) is 0 Å². The van der Waals surface area contributed by atoms with E-state index in [1.165, 1.54) is 12.1 Å². The van der Waals surface area contributed by atoms with Gasteiger partial charge < -0.3 is 28.8 Å². The van der Waals surface area contributed by atoms with E-state index in [2.05, 4.69) is 0 Å². The number of fused-ring (bicyclic) bond motifs is 2. The number of carboxylic acids is 1. The van der Waals surface area contributed by atoms with Crippen LogP contribution in [0.2, 0.25) is 0 Å². The van der Waals surface area contributed by atoms with Crippen LogP contribution in [0.15, 0.2) is 182 Å². The Labute approximate surface area is 336 Å². The molecule has 0 heterocycles. The van der Waals surface area contributed by atoms with Gasteiger partial charge in [0.05, 0.1) is 17.7 Å². The second-order valence-corrected chi connectivity index (χ2v) is 13.2. The van der Waals surface area contributed by atoms with Crippen molar-refractivity contribution in [3.8, 4) is 34.5 Å². The van der Waals surface area contributed by atoms with Gasteiger partial charge in [-0.25, -0.2) is 9.59 Å². The van der Waals surface area contributed by atoms with Crippen molar-refractivity contribution in [1.82, 2.24) is 0 Å². The quantitative estimate of drug-likeness (QED) is 0.116. The maximum Gasteiger partial charge on any atom is 0.338 e. The highest BCUT2D eigenvalue weighted by Gasteiger charge is 2.08. The molecule has 288 valence electrons. The zero-order valence-electron chi connectivity index (χ0n) is 31.7. The van der Waals surface area contributed by atoms with Crippen molar-refractivity contribution in [3.63, 3.8) is 0 Å². The van der Waals surface area contributed by atoms with Crippen LogP contribution >= 0.6 is 0 Å². The zero-order valence-corrected chi connectivity index (χ0v) is 31.7. The van der Waals surface area contributed by atoms with Crippen molar-refractivity contribution >= 4 is 33.5 Å². The Kier molecular flexibility index (Phi) is 12.6. The lowest BCUT2D eigenvalue weighted by atomic mass is 10.1. The molecule has 0 amide bonds. The number of carboxylic acid groups (broad SMARTS) is 1. The van der Waals surface area contributed by atoms with Crippen molar-refractivity contribution in [2.75, 3.05) is 6.61 Å². The predicted molar refractivity (Wildman–Crippen MR) is 225 cm³/mol. The van der Waals surface area contributed by atoms with E-state index in [-0.39, 0.29) is 11.5 Å². The smallest absolute Gasteiger partial charge is 0.338 e. The summed E-state index contributed by atoms with van der Waals surface area (Å²) < 4.78 is 28.5. The molecule has 58 heavy (non-hydrogen) atoms. The summed E-state index contributed by atoms with van der Waals surface area (Å²) in [5.74, 6) is 3.02. The van der Waals surface area contributed by atoms with Crippen LogP contribution in [-0.4, -0.2) is 23.7 Å². The highest BCUT2D eigenvalue weighted by atomic mass is 16.5. The molecule has 0 aromatic heterocycles. The lowest BCUT2D eigenvalue weighted by Crippen LogP contribution is -2.03. The second-order valence-electron chi connectivity index (χ2n) is 13.2. The largest absolute Gasteiger partial charge is 0.489 e. The van der Waals surface area contributed by atoms with E-state index < -0.39 is 5.97 Å². The molecule has 0 aliphatic rings. The second kappa shape index (κ2) is 18.8. The van der Waals surface area contributed by atoms with Gasteiger partial charge in [-0.3, -0.25) is 0 Å². The van der Waals surface area contributed by atoms with E-state index >= 15 is 0 Å². The van der Waals surface area contributed by atoms with Crippen LogP contribution in [-0.2, 0) is 18.0 Å². The molecule has 0 unspecified atom stereocenters. The molecule has 0 atom stereocenters. The van der Waals surface area contributed by atoms with Crippen LogP contribution in [0.3, 0.4) is 0 Å². The molecule has 0 aliphatic carbocycles. The molecule has 8 nitrogen and oxygen atoms in total. The van der Waals surface area contributed by atoms with Gasteiger partial charge in [-0.2, -0.15) is 0 Å². The molecular formula is C50H40O8. The van der Waals surface area contributed by atoms with Gasteiger partial charge in [-0.1, -0.05) is 84.9 Å². The molecule has 0 saturated heterocycles. The lowest BCUT2D eigenvalue weighted by molar-refractivity contribution is 0.0525. The normalized spacial score (nSPS) is 10.6. The van der Waals surface area contributed by atoms with Gasteiger partial charge in [0.25, 0.3) is 0 Å². The third kappa shape index (κ3) is 10.6. The number of hydrogen-bond donors (Lipinski definition) is 1. The van der Waals surface area contributed by atoms with Crippen LogP contribution in [0.5, 0.6) is 34.5 Å². The Bertz CT molecular complexity index is 2610. The van der Waals surface area contributed by atoms with E-state index in [9.17, 15) is 9.59 Å². The first kappa shape index (κ1) is 38.7. The highest BCUT2D eigenvalue weighted by molar-refractivity contribution is 5.90. The van der Waals surface area contributed by atoms with Crippen LogP contribution in [0.1, 0.15) is 38.8 Å². The number of ether oxygens (including phenoxy) is 5. The van der Waals surface area contributed by atoms with E-state index in [0.29, 0.717) is 42.6 Å². The minimum absolute atomic E-state index is 0.230. The van der Waals surface area contributed by atoms with Crippen LogP contribution in [0.25, 0.3) is 21.5 Å². The number of benzene rings is 8. The molecule has 0 aliphatic heterocycles. The summed E-state index contributed by atoms with van der Waals surface area (Å²) in [5, 5.41) is 13.2.